The largest absolute Gasteiger partial charge is 0.461 e. The van der Waals surface area contributed by atoms with Crippen LogP contribution in [-0.2, 0) is 20.9 Å². The molecule has 0 unspecified atom stereocenters. The molecular formula is C17H19NO5. The van der Waals surface area contributed by atoms with E-state index in [1.165, 1.54) is 12.1 Å². The van der Waals surface area contributed by atoms with Crippen LogP contribution < -0.4 is 0 Å². The van der Waals surface area contributed by atoms with Crippen molar-refractivity contribution in [2.75, 3.05) is 0 Å². The van der Waals surface area contributed by atoms with E-state index in [2.05, 4.69) is 0 Å². The Morgan fingerprint density at radius 3 is 2.35 bits per heavy atom. The van der Waals surface area contributed by atoms with Crippen LogP contribution in [0.15, 0.2) is 24.3 Å². The number of hydrogen-bond donors (Lipinski definition) is 0. The molecule has 2 bridgehead atoms. The first-order chi connectivity index (χ1) is 11.0. The first kappa shape index (κ1) is 15.6. The number of benzene rings is 1. The lowest BCUT2D eigenvalue weighted by molar-refractivity contribution is -0.384. The van der Waals surface area contributed by atoms with E-state index in [1.54, 1.807) is 12.1 Å². The number of rotatable bonds is 4. The molecule has 0 aromatic heterocycles. The molecule has 6 nitrogen and oxygen atoms in total. The molecule has 3 rings (SSSR count). The number of ether oxygens (including phenoxy) is 1. The fourth-order valence-corrected chi connectivity index (χ4v) is 3.66. The van der Waals surface area contributed by atoms with Crippen LogP contribution in [0.3, 0.4) is 0 Å². The predicted molar refractivity (Wildman–Crippen MR) is 81.5 cm³/mol. The summed E-state index contributed by atoms with van der Waals surface area (Å²) in [5.41, 5.74) is 0.731. The van der Waals surface area contributed by atoms with Gasteiger partial charge in [-0.3, -0.25) is 19.7 Å². The van der Waals surface area contributed by atoms with Gasteiger partial charge in [0.2, 0.25) is 0 Å². The number of non-ortho nitro benzene ring substituents is 1. The Kier molecular flexibility index (Phi) is 4.41. The SMILES string of the molecule is O=C(OCc1ccc([N+](=O)[O-])cc1)C1C[C@@H]2CCC[C@@H](C1)C2=O. The summed E-state index contributed by atoms with van der Waals surface area (Å²) >= 11 is 0. The molecule has 0 amide bonds. The van der Waals surface area contributed by atoms with E-state index < -0.39 is 4.92 Å². The summed E-state index contributed by atoms with van der Waals surface area (Å²) in [6.07, 6.45) is 4.07. The molecule has 0 aliphatic heterocycles. The van der Waals surface area contributed by atoms with E-state index in [1.807, 2.05) is 0 Å². The number of ketones is 1. The van der Waals surface area contributed by atoms with E-state index in [9.17, 15) is 19.7 Å². The van der Waals surface area contributed by atoms with Gasteiger partial charge >= 0.3 is 5.97 Å². The highest BCUT2D eigenvalue weighted by Gasteiger charge is 2.41. The maximum absolute atomic E-state index is 12.2. The highest BCUT2D eigenvalue weighted by molar-refractivity contribution is 5.87. The summed E-state index contributed by atoms with van der Waals surface area (Å²) in [6.45, 7) is 0.108. The molecule has 2 aliphatic carbocycles. The molecule has 6 heteroatoms. The monoisotopic (exact) mass is 317 g/mol. The van der Waals surface area contributed by atoms with E-state index >= 15 is 0 Å². The van der Waals surface area contributed by atoms with E-state index in [-0.39, 0.29) is 36.0 Å². The van der Waals surface area contributed by atoms with Gasteiger partial charge in [-0.25, -0.2) is 0 Å². The van der Waals surface area contributed by atoms with Crippen LogP contribution in [-0.4, -0.2) is 16.7 Å². The number of fused-ring (bicyclic) bond motifs is 2. The molecule has 23 heavy (non-hydrogen) atoms. The fourth-order valence-electron chi connectivity index (χ4n) is 3.66. The van der Waals surface area contributed by atoms with Crippen LogP contribution in [0.1, 0.15) is 37.7 Å². The van der Waals surface area contributed by atoms with Crippen molar-refractivity contribution in [2.45, 2.75) is 38.7 Å². The van der Waals surface area contributed by atoms with Crippen LogP contribution in [0.5, 0.6) is 0 Å². The number of carbonyl (C=O) groups excluding carboxylic acids is 2. The van der Waals surface area contributed by atoms with Crippen LogP contribution in [0.25, 0.3) is 0 Å². The van der Waals surface area contributed by atoms with Crippen molar-refractivity contribution >= 4 is 17.4 Å². The number of nitrogens with zero attached hydrogens (tertiary/aromatic N) is 1. The quantitative estimate of drug-likeness (QED) is 0.484. The van der Waals surface area contributed by atoms with Gasteiger partial charge in [-0.2, -0.15) is 0 Å². The lowest BCUT2D eigenvalue weighted by Crippen LogP contribution is -2.39. The molecule has 1 aromatic carbocycles. The van der Waals surface area contributed by atoms with Gasteiger partial charge in [0.05, 0.1) is 10.8 Å². The Morgan fingerprint density at radius 2 is 1.78 bits per heavy atom. The fraction of sp³-hybridized carbons (Fsp3) is 0.529. The minimum absolute atomic E-state index is 0.0127. The average molecular weight is 317 g/mol. The van der Waals surface area contributed by atoms with Crippen LogP contribution in [0.4, 0.5) is 5.69 Å². The molecule has 0 saturated heterocycles. The topological polar surface area (TPSA) is 86.5 Å². The van der Waals surface area contributed by atoms with Gasteiger partial charge in [0.15, 0.2) is 0 Å². The number of nitro groups is 1. The Morgan fingerprint density at radius 1 is 1.17 bits per heavy atom. The van der Waals surface area contributed by atoms with Gasteiger partial charge in [-0.05, 0) is 43.4 Å². The number of Topliss-reactive ketones (excluding diaryl/α,β-unsaturated/α-hetero) is 1. The third-order valence-electron chi connectivity index (χ3n) is 4.91. The van der Waals surface area contributed by atoms with Crippen LogP contribution >= 0.6 is 0 Å². The van der Waals surface area contributed by atoms with Crippen molar-refractivity contribution in [2.24, 2.45) is 17.8 Å². The minimum atomic E-state index is -0.465. The molecule has 2 atom stereocenters. The Balaban J connectivity index is 1.55. The van der Waals surface area contributed by atoms with Crippen molar-refractivity contribution in [3.63, 3.8) is 0 Å². The summed E-state index contributed by atoms with van der Waals surface area (Å²) in [4.78, 5) is 34.4. The summed E-state index contributed by atoms with van der Waals surface area (Å²) in [5.74, 6) is -0.0664. The molecule has 2 saturated carbocycles. The second-order valence-electron chi connectivity index (χ2n) is 6.43. The Hall–Kier alpha value is -2.24. The molecule has 0 spiro atoms. The van der Waals surface area contributed by atoms with Gasteiger partial charge in [0, 0.05) is 24.0 Å². The van der Waals surface area contributed by atoms with Gasteiger partial charge in [0.1, 0.15) is 12.4 Å². The zero-order chi connectivity index (χ0) is 16.4. The van der Waals surface area contributed by atoms with Crippen molar-refractivity contribution < 1.29 is 19.2 Å². The number of carbonyl (C=O) groups is 2. The van der Waals surface area contributed by atoms with Crippen molar-refractivity contribution in [1.82, 2.24) is 0 Å². The smallest absolute Gasteiger partial charge is 0.309 e. The van der Waals surface area contributed by atoms with E-state index in [0.29, 0.717) is 18.6 Å². The molecule has 0 N–H and O–H groups in total. The minimum Gasteiger partial charge on any atom is -0.461 e. The highest BCUT2D eigenvalue weighted by atomic mass is 16.6. The molecular weight excluding hydrogens is 298 g/mol. The predicted octanol–water partition coefficient (Wildman–Crippen LogP) is 3.03. The zero-order valence-corrected chi connectivity index (χ0v) is 12.8. The summed E-state index contributed by atoms with van der Waals surface area (Å²) < 4.78 is 5.35. The first-order valence-corrected chi connectivity index (χ1v) is 7.98. The lowest BCUT2D eigenvalue weighted by Gasteiger charge is -2.36. The Labute approximate surface area is 134 Å². The molecule has 0 heterocycles. The zero-order valence-electron chi connectivity index (χ0n) is 12.8. The van der Waals surface area contributed by atoms with Gasteiger partial charge in [-0.1, -0.05) is 6.42 Å². The van der Waals surface area contributed by atoms with Gasteiger partial charge in [-0.15, -0.1) is 0 Å². The number of hydrogen-bond acceptors (Lipinski definition) is 5. The highest BCUT2D eigenvalue weighted by Crippen LogP contribution is 2.40. The molecule has 2 fully saturated rings. The standard InChI is InChI=1S/C17H19NO5/c19-16-12-2-1-3-13(16)9-14(8-12)17(20)23-10-11-4-6-15(7-5-11)18(21)22/h4-7,12-14H,1-3,8-10H2/t12-,13-/m0/s1. The number of nitro benzene ring substituents is 1. The maximum Gasteiger partial charge on any atom is 0.309 e. The van der Waals surface area contributed by atoms with Crippen LogP contribution in [0, 0.1) is 27.9 Å². The number of esters is 1. The third-order valence-corrected chi connectivity index (χ3v) is 4.91. The molecule has 122 valence electrons. The van der Waals surface area contributed by atoms with Gasteiger partial charge < -0.3 is 4.74 Å². The second-order valence-corrected chi connectivity index (χ2v) is 6.43. The summed E-state index contributed by atoms with van der Waals surface area (Å²) in [7, 11) is 0. The van der Waals surface area contributed by atoms with Crippen molar-refractivity contribution in [3.05, 3.63) is 39.9 Å². The van der Waals surface area contributed by atoms with Crippen molar-refractivity contribution in [3.8, 4) is 0 Å². The third kappa shape index (κ3) is 3.41. The normalized spacial score (nSPS) is 26.6. The summed E-state index contributed by atoms with van der Waals surface area (Å²) in [5, 5.41) is 10.6. The second kappa shape index (κ2) is 6.48. The molecule has 0 radical (unpaired) electrons. The maximum atomic E-state index is 12.2. The Bertz CT molecular complexity index is 608. The summed E-state index contributed by atoms with van der Waals surface area (Å²) in [6, 6.07) is 5.97. The average Bonchev–Trinajstić information content (AvgIpc) is 2.52. The van der Waals surface area contributed by atoms with Gasteiger partial charge in [0.25, 0.3) is 5.69 Å². The van der Waals surface area contributed by atoms with Crippen LogP contribution in [0.2, 0.25) is 0 Å². The van der Waals surface area contributed by atoms with E-state index in [0.717, 1.165) is 24.8 Å². The molecule has 1 aromatic rings. The molecule has 2 aliphatic rings. The lowest BCUT2D eigenvalue weighted by atomic mass is 9.67. The van der Waals surface area contributed by atoms with Crippen molar-refractivity contribution in [1.29, 1.82) is 0 Å². The van der Waals surface area contributed by atoms with E-state index in [4.69, 9.17) is 4.74 Å². The first-order valence-electron chi connectivity index (χ1n) is 7.98.